The van der Waals surface area contributed by atoms with Crippen LogP contribution in [0.3, 0.4) is 0 Å². The van der Waals surface area contributed by atoms with Gasteiger partial charge in [-0.2, -0.15) is 0 Å². The molecule has 0 N–H and O–H groups in total. The third-order valence-electron chi connectivity index (χ3n) is 13.1. The summed E-state index contributed by atoms with van der Waals surface area (Å²) in [4.78, 5) is 38.2. The predicted molar refractivity (Wildman–Crippen MR) is 316 cm³/mol. The molecule has 73 heavy (non-hydrogen) atoms. The number of rotatable bonds is 55. The van der Waals surface area contributed by atoms with E-state index in [-0.39, 0.29) is 31.1 Å². The fourth-order valence-corrected chi connectivity index (χ4v) is 8.50. The lowest BCUT2D eigenvalue weighted by Gasteiger charge is -2.18. The number of hydrogen-bond acceptors (Lipinski definition) is 6. The zero-order chi connectivity index (χ0) is 52.9. The minimum atomic E-state index is -0.793. The Hall–Kier alpha value is -3.67. The van der Waals surface area contributed by atoms with E-state index in [4.69, 9.17) is 14.2 Å². The molecule has 418 valence electrons. The second-order valence-electron chi connectivity index (χ2n) is 20.2. The van der Waals surface area contributed by atoms with Gasteiger partial charge in [0.05, 0.1) is 0 Å². The van der Waals surface area contributed by atoms with E-state index in [2.05, 4.69) is 118 Å². The van der Waals surface area contributed by atoms with E-state index in [1.807, 2.05) is 0 Å². The van der Waals surface area contributed by atoms with Crippen LogP contribution in [0, 0.1) is 0 Å². The molecule has 0 fully saturated rings. The predicted octanol–water partition coefficient (Wildman–Crippen LogP) is 20.9. The van der Waals surface area contributed by atoms with E-state index in [9.17, 15) is 14.4 Å². The smallest absolute Gasteiger partial charge is 0.306 e. The van der Waals surface area contributed by atoms with Crippen molar-refractivity contribution >= 4 is 17.9 Å². The zero-order valence-electron chi connectivity index (χ0n) is 47.9. The summed E-state index contributed by atoms with van der Waals surface area (Å²) in [5.74, 6) is -0.919. The molecule has 0 spiro atoms. The molecular formula is C67H114O6. The Kier molecular flexibility index (Phi) is 57.8. The van der Waals surface area contributed by atoms with Crippen LogP contribution in [-0.2, 0) is 28.6 Å². The van der Waals surface area contributed by atoms with Crippen LogP contribution in [0.4, 0.5) is 0 Å². The molecule has 0 bridgehead atoms. The molecule has 0 rings (SSSR count). The molecule has 0 radical (unpaired) electrons. The number of esters is 3. The van der Waals surface area contributed by atoms with Gasteiger partial charge in [0, 0.05) is 19.3 Å². The summed E-state index contributed by atoms with van der Waals surface area (Å²) in [5.41, 5.74) is 0. The standard InChI is InChI=1S/C67H114O6/c1-4-7-10-13-16-19-22-25-27-29-30-31-32-33-34-35-36-38-39-42-45-48-51-54-57-60-66(69)72-63-64(62-71-65(68)59-56-53-50-47-44-41-24-21-18-15-12-9-6-3)73-67(70)61-58-55-52-49-46-43-40-37-28-26-23-20-17-14-11-8-5-2/h7,9-10,12,16,18-19,21,25-28,30-31,41,44,64H,4-6,8,11,13-15,17,20,22-24,29,32-40,42-43,45-63H2,1-3H3/b10-7-,12-9-,19-16-,21-18-,27-25-,28-26-,31-30-,44-41-. The maximum Gasteiger partial charge on any atom is 0.306 e. The number of carbonyl (C=O) groups is 3. The van der Waals surface area contributed by atoms with Crippen LogP contribution in [0.2, 0.25) is 0 Å². The van der Waals surface area contributed by atoms with Gasteiger partial charge in [0.25, 0.3) is 0 Å². The van der Waals surface area contributed by atoms with Gasteiger partial charge >= 0.3 is 17.9 Å². The van der Waals surface area contributed by atoms with Crippen molar-refractivity contribution in [2.24, 2.45) is 0 Å². The largest absolute Gasteiger partial charge is 0.462 e. The first-order chi connectivity index (χ1) is 36.0. The minimum absolute atomic E-state index is 0.0889. The number of ether oxygens (including phenoxy) is 3. The van der Waals surface area contributed by atoms with Crippen LogP contribution < -0.4 is 0 Å². The summed E-state index contributed by atoms with van der Waals surface area (Å²) in [6, 6.07) is 0. The molecule has 0 aromatic heterocycles. The zero-order valence-corrected chi connectivity index (χ0v) is 47.9. The van der Waals surface area contributed by atoms with Crippen molar-refractivity contribution in [2.45, 2.75) is 297 Å². The van der Waals surface area contributed by atoms with Gasteiger partial charge in [-0.15, -0.1) is 0 Å². The summed E-state index contributed by atoms with van der Waals surface area (Å²) < 4.78 is 16.9. The highest BCUT2D eigenvalue weighted by Gasteiger charge is 2.19. The van der Waals surface area contributed by atoms with Crippen molar-refractivity contribution in [3.8, 4) is 0 Å². The molecule has 0 heterocycles. The summed E-state index contributed by atoms with van der Waals surface area (Å²) in [6.07, 6.45) is 81.3. The van der Waals surface area contributed by atoms with Crippen molar-refractivity contribution in [3.63, 3.8) is 0 Å². The molecule has 0 aromatic carbocycles. The van der Waals surface area contributed by atoms with Gasteiger partial charge in [0.15, 0.2) is 6.10 Å². The Balaban J connectivity index is 4.32. The van der Waals surface area contributed by atoms with Crippen LogP contribution in [-0.4, -0.2) is 37.2 Å². The number of unbranched alkanes of at least 4 members (excludes halogenated alkanes) is 28. The lowest BCUT2D eigenvalue weighted by atomic mass is 10.0. The van der Waals surface area contributed by atoms with Crippen molar-refractivity contribution in [1.82, 2.24) is 0 Å². The summed E-state index contributed by atoms with van der Waals surface area (Å²) in [7, 11) is 0. The molecule has 0 saturated heterocycles. The van der Waals surface area contributed by atoms with Gasteiger partial charge in [-0.25, -0.2) is 0 Å². The topological polar surface area (TPSA) is 78.9 Å². The van der Waals surface area contributed by atoms with Crippen LogP contribution in [0.5, 0.6) is 0 Å². The van der Waals surface area contributed by atoms with Gasteiger partial charge < -0.3 is 14.2 Å². The first kappa shape index (κ1) is 69.3. The van der Waals surface area contributed by atoms with Crippen LogP contribution in [0.25, 0.3) is 0 Å². The fraction of sp³-hybridized carbons (Fsp3) is 0.716. The first-order valence-electron chi connectivity index (χ1n) is 30.7. The van der Waals surface area contributed by atoms with E-state index in [1.165, 1.54) is 141 Å². The Morgan fingerprint density at radius 1 is 0.288 bits per heavy atom. The molecule has 1 atom stereocenters. The summed E-state index contributed by atoms with van der Waals surface area (Å²) in [5, 5.41) is 0. The first-order valence-corrected chi connectivity index (χ1v) is 30.7. The fourth-order valence-electron chi connectivity index (χ4n) is 8.50. The summed E-state index contributed by atoms with van der Waals surface area (Å²) in [6.45, 7) is 6.40. The molecule has 0 aliphatic heterocycles. The van der Waals surface area contributed by atoms with Crippen LogP contribution >= 0.6 is 0 Å². The lowest BCUT2D eigenvalue weighted by Crippen LogP contribution is -2.30. The van der Waals surface area contributed by atoms with E-state index in [0.717, 1.165) is 109 Å². The number of carbonyl (C=O) groups excluding carboxylic acids is 3. The Morgan fingerprint density at radius 2 is 0.534 bits per heavy atom. The summed E-state index contributed by atoms with van der Waals surface area (Å²) >= 11 is 0. The normalized spacial score (nSPS) is 12.8. The quantitative estimate of drug-likeness (QED) is 0.0261. The second-order valence-corrected chi connectivity index (χ2v) is 20.2. The highest BCUT2D eigenvalue weighted by Crippen LogP contribution is 2.16. The van der Waals surface area contributed by atoms with E-state index in [1.54, 1.807) is 0 Å². The molecule has 0 aliphatic carbocycles. The van der Waals surface area contributed by atoms with Gasteiger partial charge in [-0.3, -0.25) is 14.4 Å². The Morgan fingerprint density at radius 3 is 0.863 bits per heavy atom. The molecule has 0 aromatic rings. The Bertz CT molecular complexity index is 1440. The van der Waals surface area contributed by atoms with Gasteiger partial charge in [-0.05, 0) is 116 Å². The molecule has 6 heteroatoms. The Labute approximate surface area is 451 Å². The molecular weight excluding hydrogens is 901 g/mol. The highest BCUT2D eigenvalue weighted by molar-refractivity contribution is 5.71. The van der Waals surface area contributed by atoms with Crippen molar-refractivity contribution in [1.29, 1.82) is 0 Å². The van der Waals surface area contributed by atoms with Crippen LogP contribution in [0.1, 0.15) is 290 Å². The highest BCUT2D eigenvalue weighted by atomic mass is 16.6. The van der Waals surface area contributed by atoms with E-state index >= 15 is 0 Å². The number of allylic oxidation sites excluding steroid dienone is 16. The van der Waals surface area contributed by atoms with Gasteiger partial charge in [-0.1, -0.05) is 253 Å². The average molecular weight is 1020 g/mol. The molecule has 0 amide bonds. The van der Waals surface area contributed by atoms with Gasteiger partial charge in [0.1, 0.15) is 13.2 Å². The average Bonchev–Trinajstić information content (AvgIpc) is 3.39. The molecule has 0 aliphatic rings. The maximum absolute atomic E-state index is 12.9. The van der Waals surface area contributed by atoms with E-state index in [0.29, 0.717) is 19.3 Å². The van der Waals surface area contributed by atoms with Crippen molar-refractivity contribution in [2.75, 3.05) is 13.2 Å². The van der Waals surface area contributed by atoms with Gasteiger partial charge in [0.2, 0.25) is 0 Å². The maximum atomic E-state index is 12.9. The molecule has 0 saturated carbocycles. The van der Waals surface area contributed by atoms with Crippen molar-refractivity contribution in [3.05, 3.63) is 97.2 Å². The van der Waals surface area contributed by atoms with Crippen molar-refractivity contribution < 1.29 is 28.6 Å². The van der Waals surface area contributed by atoms with Crippen LogP contribution in [0.15, 0.2) is 97.2 Å². The third-order valence-corrected chi connectivity index (χ3v) is 13.1. The molecule has 1 unspecified atom stereocenters. The monoisotopic (exact) mass is 1010 g/mol. The second kappa shape index (κ2) is 60.9. The SMILES string of the molecule is CC/C=C\C/C=C\C/C=C\C/C=C\CCCCCCCCCCCCCCC(=O)OCC(COC(=O)CCCCC/C=C\C/C=C\C/C=C\CC)OC(=O)CCCCCCCCC/C=C\CCCCCCCC. The molecule has 6 nitrogen and oxygen atoms in total. The third kappa shape index (κ3) is 59.1. The number of hydrogen-bond donors (Lipinski definition) is 0. The minimum Gasteiger partial charge on any atom is -0.462 e. The van der Waals surface area contributed by atoms with E-state index < -0.39 is 6.10 Å². The lowest BCUT2D eigenvalue weighted by molar-refractivity contribution is -0.167.